The molecule has 0 aliphatic carbocycles. The summed E-state index contributed by atoms with van der Waals surface area (Å²) >= 11 is 0. The van der Waals surface area contributed by atoms with E-state index in [1.807, 2.05) is 60.3 Å². The van der Waals surface area contributed by atoms with Crippen molar-refractivity contribution >= 4 is 28.1 Å². The summed E-state index contributed by atoms with van der Waals surface area (Å²) in [4.78, 5) is 18.5. The molecule has 0 saturated carbocycles. The van der Waals surface area contributed by atoms with Crippen molar-refractivity contribution in [1.29, 1.82) is 0 Å². The quantitative estimate of drug-likeness (QED) is 0.240. The van der Waals surface area contributed by atoms with Gasteiger partial charge < -0.3 is 24.7 Å². The van der Waals surface area contributed by atoms with Crippen LogP contribution in [0.3, 0.4) is 0 Å². The number of alkyl halides is 1. The van der Waals surface area contributed by atoms with Gasteiger partial charge >= 0.3 is 12.0 Å². The maximum absolute atomic E-state index is 14.8. The van der Waals surface area contributed by atoms with Crippen molar-refractivity contribution in [2.75, 3.05) is 6.61 Å². The van der Waals surface area contributed by atoms with Crippen molar-refractivity contribution in [3.63, 3.8) is 0 Å². The van der Waals surface area contributed by atoms with Crippen LogP contribution in [-0.4, -0.2) is 37.4 Å². The van der Waals surface area contributed by atoms with E-state index in [1.54, 1.807) is 6.07 Å². The predicted molar refractivity (Wildman–Crippen MR) is 129 cm³/mol. The van der Waals surface area contributed by atoms with Crippen molar-refractivity contribution in [2.45, 2.75) is 12.6 Å². The van der Waals surface area contributed by atoms with E-state index in [9.17, 15) is 14.5 Å². The Hall–Kier alpha value is -4.51. The number of aromatic nitrogens is 3. The van der Waals surface area contributed by atoms with Crippen molar-refractivity contribution in [2.24, 2.45) is 17.8 Å². The third-order valence-corrected chi connectivity index (χ3v) is 5.72. The molecule has 0 saturated heterocycles. The number of imidazole rings is 1. The minimum atomic E-state index is -2.47. The Balaban J connectivity index is 1.49. The molecule has 0 radical (unpaired) electrons. The van der Waals surface area contributed by atoms with Gasteiger partial charge in [-0.05, 0) is 17.1 Å². The first-order chi connectivity index (χ1) is 16.8. The number of hydrogen-bond acceptors (Lipinski definition) is 7. The van der Waals surface area contributed by atoms with Crippen LogP contribution in [0, 0.1) is 10.1 Å². The zero-order valence-electron chi connectivity index (χ0n) is 18.8. The van der Waals surface area contributed by atoms with Gasteiger partial charge in [0.15, 0.2) is 0 Å². The topological polar surface area (TPSA) is 126 Å². The summed E-state index contributed by atoms with van der Waals surface area (Å²) in [5, 5.41) is 14.5. The number of nitrogens with two attached hydrogens (primary N) is 1. The van der Waals surface area contributed by atoms with E-state index in [4.69, 9.17) is 10.5 Å². The summed E-state index contributed by atoms with van der Waals surface area (Å²) in [6.45, 7) is 0.377. The first-order valence-corrected chi connectivity index (χ1v) is 10.8. The van der Waals surface area contributed by atoms with Gasteiger partial charge in [0.05, 0.1) is 5.71 Å². The number of nitrogens with zero attached hydrogens (tertiary/aromatic N) is 5. The Morgan fingerprint density at radius 2 is 1.97 bits per heavy atom. The summed E-state index contributed by atoms with van der Waals surface area (Å²) in [5.41, 5.74) is 9.04. The molecule has 0 spiro atoms. The van der Waals surface area contributed by atoms with Crippen LogP contribution in [0.15, 0.2) is 78.3 Å². The zero-order valence-corrected chi connectivity index (χ0v) is 18.8. The lowest BCUT2D eigenvalue weighted by molar-refractivity contribution is -0.396. The molecular formula is C24H22FN7O3. The number of allylic oxidation sites excluding steroid dienone is 1. The Labute approximate surface area is 199 Å². The molecule has 35 heavy (non-hydrogen) atoms. The standard InChI is InChI=1S/C24H22FN7O3/c1-30-15-19(16-6-2-4-8-20(16)30)22-18(14-28-24(25,26)29-22)17-7-3-5-9-21(17)35-13-12-31-11-10-27-23(31)32(33)34/h2-11,14-15,28H,12-13,26H2,1H3. The van der Waals surface area contributed by atoms with Gasteiger partial charge in [0.1, 0.15) is 31.3 Å². The summed E-state index contributed by atoms with van der Waals surface area (Å²) in [6.07, 6.45) is 6.27. The van der Waals surface area contributed by atoms with Crippen molar-refractivity contribution in [3.05, 3.63) is 94.6 Å². The van der Waals surface area contributed by atoms with Crippen molar-refractivity contribution in [3.8, 4) is 5.75 Å². The molecule has 1 aliphatic heterocycles. The number of aliphatic imine (C=N–C) groups is 1. The Morgan fingerprint density at radius 3 is 2.80 bits per heavy atom. The zero-order chi connectivity index (χ0) is 24.6. The highest BCUT2D eigenvalue weighted by Crippen LogP contribution is 2.34. The number of aryl methyl sites for hydroxylation is 1. The van der Waals surface area contributed by atoms with E-state index >= 15 is 0 Å². The number of nitro groups is 1. The van der Waals surface area contributed by atoms with Gasteiger partial charge in [-0.15, -0.1) is 0 Å². The van der Waals surface area contributed by atoms with Crippen LogP contribution >= 0.6 is 0 Å². The summed E-state index contributed by atoms with van der Waals surface area (Å²) in [5.74, 6) is 0.258. The van der Waals surface area contributed by atoms with Gasteiger partial charge in [0, 0.05) is 47.0 Å². The normalized spacial score (nSPS) is 17.6. The molecule has 1 atom stereocenters. The van der Waals surface area contributed by atoms with Gasteiger partial charge in [0.2, 0.25) is 0 Å². The van der Waals surface area contributed by atoms with Crippen LogP contribution in [0.5, 0.6) is 5.75 Å². The summed E-state index contributed by atoms with van der Waals surface area (Å²) in [6, 6.07) is 12.6. The van der Waals surface area contributed by atoms with E-state index in [2.05, 4.69) is 15.3 Å². The fraction of sp³-hybridized carbons (Fsp3) is 0.167. The SMILES string of the molecule is Cn1cc(C2=NC(N)(F)NC=C2c2ccccc2OCCn2ccnc2[N+](=O)[O-])c2ccccc21. The van der Waals surface area contributed by atoms with Crippen LogP contribution < -0.4 is 15.8 Å². The Bertz CT molecular complexity index is 1490. The number of halogens is 1. The molecule has 0 amide bonds. The second-order valence-electron chi connectivity index (χ2n) is 8.03. The molecule has 10 nitrogen and oxygen atoms in total. The summed E-state index contributed by atoms with van der Waals surface area (Å²) in [7, 11) is 1.91. The van der Waals surface area contributed by atoms with Crippen molar-refractivity contribution in [1.82, 2.24) is 19.4 Å². The average molecular weight is 475 g/mol. The predicted octanol–water partition coefficient (Wildman–Crippen LogP) is 3.33. The Morgan fingerprint density at radius 1 is 1.20 bits per heavy atom. The fourth-order valence-corrected chi connectivity index (χ4v) is 4.15. The van der Waals surface area contributed by atoms with Crippen LogP contribution in [0.4, 0.5) is 10.3 Å². The molecule has 1 unspecified atom stereocenters. The largest absolute Gasteiger partial charge is 0.490 e. The molecule has 0 bridgehead atoms. The molecule has 178 valence electrons. The lowest BCUT2D eigenvalue weighted by atomic mass is 9.94. The van der Waals surface area contributed by atoms with Crippen LogP contribution in [0.1, 0.15) is 11.1 Å². The number of nitrogens with one attached hydrogen (secondary N) is 1. The van der Waals surface area contributed by atoms with Crippen LogP contribution in [0.2, 0.25) is 0 Å². The van der Waals surface area contributed by atoms with E-state index < -0.39 is 11.0 Å². The number of rotatable bonds is 7. The first kappa shape index (κ1) is 22.3. The number of hydrogen-bond donors (Lipinski definition) is 2. The molecule has 3 heterocycles. The molecule has 4 aromatic rings. The molecule has 2 aromatic carbocycles. The molecular weight excluding hydrogens is 453 g/mol. The molecule has 3 N–H and O–H groups in total. The number of ether oxygens (including phenoxy) is 1. The van der Waals surface area contributed by atoms with Gasteiger partial charge in [-0.25, -0.2) is 9.56 Å². The molecule has 1 aliphatic rings. The van der Waals surface area contributed by atoms with Gasteiger partial charge in [-0.3, -0.25) is 5.73 Å². The van der Waals surface area contributed by atoms with Gasteiger partial charge in [-0.2, -0.15) is 4.39 Å². The molecule has 0 fully saturated rings. The summed E-state index contributed by atoms with van der Waals surface area (Å²) < 4.78 is 24.2. The maximum Gasteiger partial charge on any atom is 0.434 e. The molecule has 11 heteroatoms. The highest BCUT2D eigenvalue weighted by atomic mass is 19.2. The number of fused-ring (bicyclic) bond motifs is 1. The van der Waals surface area contributed by atoms with E-state index in [-0.39, 0.29) is 19.1 Å². The van der Waals surface area contributed by atoms with E-state index in [0.29, 0.717) is 22.6 Å². The third kappa shape index (κ3) is 4.24. The highest BCUT2D eigenvalue weighted by Gasteiger charge is 2.31. The van der Waals surface area contributed by atoms with E-state index in [0.717, 1.165) is 16.5 Å². The molecule has 5 rings (SSSR count). The second-order valence-corrected chi connectivity index (χ2v) is 8.03. The van der Waals surface area contributed by atoms with Crippen LogP contribution in [0.25, 0.3) is 16.5 Å². The minimum Gasteiger partial charge on any atom is -0.490 e. The first-order valence-electron chi connectivity index (χ1n) is 10.8. The average Bonchev–Trinajstić information content (AvgIpc) is 3.44. The fourth-order valence-electron chi connectivity index (χ4n) is 4.15. The smallest absolute Gasteiger partial charge is 0.434 e. The number of benzene rings is 2. The molecule has 2 aromatic heterocycles. The Kier molecular flexibility index (Phi) is 5.53. The van der Waals surface area contributed by atoms with Gasteiger partial charge in [-0.1, -0.05) is 41.4 Å². The number of para-hydroxylation sites is 2. The lowest BCUT2D eigenvalue weighted by Gasteiger charge is -2.25. The second kappa shape index (κ2) is 8.69. The highest BCUT2D eigenvalue weighted by molar-refractivity contribution is 6.35. The minimum absolute atomic E-state index is 0.152. The lowest BCUT2D eigenvalue weighted by Crippen LogP contribution is -2.48. The maximum atomic E-state index is 14.8. The van der Waals surface area contributed by atoms with E-state index in [1.165, 1.54) is 23.2 Å². The van der Waals surface area contributed by atoms with Crippen LogP contribution in [-0.2, 0) is 13.6 Å². The van der Waals surface area contributed by atoms with Crippen molar-refractivity contribution < 1.29 is 14.1 Å². The monoisotopic (exact) mass is 475 g/mol. The van der Waals surface area contributed by atoms with Gasteiger partial charge in [0.25, 0.3) is 0 Å². The third-order valence-electron chi connectivity index (χ3n) is 5.72.